The molecule has 1 atom stereocenters. The summed E-state index contributed by atoms with van der Waals surface area (Å²) in [4.78, 5) is 10.1. The van der Waals surface area contributed by atoms with E-state index in [0.717, 1.165) is 16.4 Å². The summed E-state index contributed by atoms with van der Waals surface area (Å²) in [7, 11) is -4.23. The minimum absolute atomic E-state index is 0.0395. The molecule has 110 valence electrons. The smallest absolute Gasteiger partial charge is 0.338 e. The predicted octanol–water partition coefficient (Wildman–Crippen LogP) is 0.933. The lowest BCUT2D eigenvalue weighted by Crippen LogP contribution is -2.30. The van der Waals surface area contributed by atoms with Crippen LogP contribution < -0.4 is 0 Å². The van der Waals surface area contributed by atoms with Crippen molar-refractivity contribution in [2.24, 2.45) is 0 Å². The number of hydrogen-bond donors (Lipinski definition) is 2. The Morgan fingerprint density at radius 1 is 1.45 bits per heavy atom. The maximum Gasteiger partial charge on any atom is 0.338 e. The highest BCUT2D eigenvalue weighted by Gasteiger charge is 2.35. The molecule has 1 aromatic carbocycles. The van der Waals surface area contributed by atoms with Crippen LogP contribution in [0.1, 0.15) is 16.8 Å². The van der Waals surface area contributed by atoms with Crippen LogP contribution in [-0.2, 0) is 10.0 Å². The summed E-state index contributed by atoms with van der Waals surface area (Å²) in [5.74, 6) is -2.97. The number of aliphatic hydroxyl groups is 1. The van der Waals surface area contributed by atoms with Gasteiger partial charge in [-0.05, 0) is 18.6 Å². The molecule has 2 N–H and O–H groups in total. The Labute approximate surface area is 119 Å². The molecule has 1 aliphatic heterocycles. The van der Waals surface area contributed by atoms with Crippen LogP contribution in [0.3, 0.4) is 0 Å². The van der Waals surface area contributed by atoms with Gasteiger partial charge in [0.2, 0.25) is 10.0 Å². The monoisotopic (exact) mass is 323 g/mol. The second-order valence-electron chi connectivity index (χ2n) is 4.38. The van der Waals surface area contributed by atoms with E-state index in [4.69, 9.17) is 16.7 Å². The van der Waals surface area contributed by atoms with Gasteiger partial charge in [0.05, 0.1) is 11.7 Å². The SMILES string of the molecule is O=C(O)c1cc(Cl)cc(S(=O)(=O)N2CC[C@@H](O)C2)c1F. The summed E-state index contributed by atoms with van der Waals surface area (Å²) in [5, 5.41) is 18.0. The second kappa shape index (κ2) is 5.28. The quantitative estimate of drug-likeness (QED) is 0.863. The normalized spacial score (nSPS) is 20.2. The van der Waals surface area contributed by atoms with Crippen molar-refractivity contribution in [3.63, 3.8) is 0 Å². The molecule has 0 saturated carbocycles. The van der Waals surface area contributed by atoms with Gasteiger partial charge in [-0.2, -0.15) is 4.31 Å². The number of aromatic carboxylic acids is 1. The Balaban J connectivity index is 2.55. The van der Waals surface area contributed by atoms with Crippen LogP contribution in [0, 0.1) is 5.82 Å². The Kier molecular flexibility index (Phi) is 4.01. The topological polar surface area (TPSA) is 94.9 Å². The molecular formula is C11H11ClFNO5S. The fourth-order valence-corrected chi connectivity index (χ4v) is 3.86. The minimum Gasteiger partial charge on any atom is -0.478 e. The van der Waals surface area contributed by atoms with Crippen molar-refractivity contribution in [1.29, 1.82) is 0 Å². The van der Waals surface area contributed by atoms with Crippen molar-refractivity contribution in [3.05, 3.63) is 28.5 Å². The van der Waals surface area contributed by atoms with E-state index in [9.17, 15) is 22.7 Å². The fourth-order valence-electron chi connectivity index (χ4n) is 1.98. The molecule has 0 aromatic heterocycles. The first-order valence-corrected chi connectivity index (χ1v) is 7.46. The number of β-amino-alcohol motifs (C(OH)–C–C–N with tert-alkyl or cyclic N) is 1. The maximum atomic E-state index is 14.0. The number of carboxylic acids is 1. The first-order chi connectivity index (χ1) is 9.23. The number of halogens is 2. The molecule has 2 rings (SSSR count). The highest BCUT2D eigenvalue weighted by molar-refractivity contribution is 7.89. The zero-order chi connectivity index (χ0) is 15.1. The van der Waals surface area contributed by atoms with Gasteiger partial charge >= 0.3 is 5.97 Å². The van der Waals surface area contributed by atoms with E-state index in [0.29, 0.717) is 0 Å². The van der Waals surface area contributed by atoms with Gasteiger partial charge < -0.3 is 10.2 Å². The van der Waals surface area contributed by atoms with Gasteiger partial charge in [-0.1, -0.05) is 11.6 Å². The molecule has 6 nitrogen and oxygen atoms in total. The first-order valence-electron chi connectivity index (χ1n) is 5.64. The molecule has 9 heteroatoms. The third kappa shape index (κ3) is 2.64. The van der Waals surface area contributed by atoms with Crippen LogP contribution in [0.2, 0.25) is 5.02 Å². The largest absolute Gasteiger partial charge is 0.478 e. The minimum atomic E-state index is -4.23. The number of carbonyl (C=O) groups is 1. The van der Waals surface area contributed by atoms with Gasteiger partial charge in [0.25, 0.3) is 0 Å². The Bertz CT molecular complexity index is 663. The molecule has 1 heterocycles. The highest BCUT2D eigenvalue weighted by atomic mass is 35.5. The van der Waals surface area contributed by atoms with Crippen LogP contribution in [-0.4, -0.2) is 48.1 Å². The molecule has 0 unspecified atom stereocenters. The molecular weight excluding hydrogens is 313 g/mol. The third-order valence-corrected chi connectivity index (χ3v) is 5.06. The molecule has 20 heavy (non-hydrogen) atoms. The third-order valence-electron chi connectivity index (χ3n) is 2.98. The van der Waals surface area contributed by atoms with Crippen molar-refractivity contribution in [1.82, 2.24) is 4.31 Å². The number of benzene rings is 1. The van der Waals surface area contributed by atoms with Gasteiger partial charge in [0, 0.05) is 18.1 Å². The lowest BCUT2D eigenvalue weighted by molar-refractivity contribution is 0.0691. The second-order valence-corrected chi connectivity index (χ2v) is 6.72. The molecule has 0 amide bonds. The number of nitrogens with zero attached hydrogens (tertiary/aromatic N) is 1. The summed E-state index contributed by atoms with van der Waals surface area (Å²) >= 11 is 5.65. The van der Waals surface area contributed by atoms with Gasteiger partial charge in [-0.3, -0.25) is 0 Å². The number of aliphatic hydroxyl groups excluding tert-OH is 1. The van der Waals surface area contributed by atoms with Gasteiger partial charge in [0.1, 0.15) is 4.90 Å². The van der Waals surface area contributed by atoms with E-state index in [1.54, 1.807) is 0 Å². The van der Waals surface area contributed by atoms with Crippen LogP contribution in [0.4, 0.5) is 4.39 Å². The van der Waals surface area contributed by atoms with Crippen molar-refractivity contribution < 1.29 is 27.8 Å². The first kappa shape index (κ1) is 15.2. The zero-order valence-corrected chi connectivity index (χ0v) is 11.7. The Morgan fingerprint density at radius 3 is 2.60 bits per heavy atom. The molecule has 1 saturated heterocycles. The van der Waals surface area contributed by atoms with Crippen LogP contribution >= 0.6 is 11.6 Å². The van der Waals surface area contributed by atoms with E-state index in [1.807, 2.05) is 0 Å². The number of sulfonamides is 1. The van der Waals surface area contributed by atoms with E-state index in [2.05, 4.69) is 0 Å². The summed E-state index contributed by atoms with van der Waals surface area (Å²) in [6.45, 7) is -0.117. The van der Waals surface area contributed by atoms with Crippen molar-refractivity contribution in [2.45, 2.75) is 17.4 Å². The van der Waals surface area contributed by atoms with Gasteiger partial charge in [-0.15, -0.1) is 0 Å². The average molecular weight is 324 g/mol. The molecule has 1 fully saturated rings. The molecule has 0 bridgehead atoms. The summed E-state index contributed by atoms with van der Waals surface area (Å²) < 4.78 is 39.4. The van der Waals surface area contributed by atoms with Gasteiger partial charge in [-0.25, -0.2) is 17.6 Å². The van der Waals surface area contributed by atoms with Crippen LogP contribution in [0.15, 0.2) is 17.0 Å². The van der Waals surface area contributed by atoms with Crippen molar-refractivity contribution in [2.75, 3.05) is 13.1 Å². The highest BCUT2D eigenvalue weighted by Crippen LogP contribution is 2.28. The van der Waals surface area contributed by atoms with E-state index >= 15 is 0 Å². The average Bonchev–Trinajstić information content (AvgIpc) is 2.78. The summed E-state index contributed by atoms with van der Waals surface area (Å²) in [5.41, 5.74) is -0.809. The Hall–Kier alpha value is -1.22. The van der Waals surface area contributed by atoms with Gasteiger partial charge in [0.15, 0.2) is 5.82 Å². The Morgan fingerprint density at radius 2 is 2.10 bits per heavy atom. The number of rotatable bonds is 3. The lowest BCUT2D eigenvalue weighted by atomic mass is 10.2. The maximum absolute atomic E-state index is 14.0. The summed E-state index contributed by atoms with van der Waals surface area (Å²) in [6.07, 6.45) is -0.571. The van der Waals surface area contributed by atoms with Crippen LogP contribution in [0.25, 0.3) is 0 Å². The predicted molar refractivity (Wildman–Crippen MR) is 67.8 cm³/mol. The molecule has 1 aromatic rings. The standard InChI is InChI=1S/C11H11ClFNO5S/c12-6-3-8(11(16)17)10(13)9(4-6)20(18,19)14-2-1-7(15)5-14/h3-4,7,15H,1-2,5H2,(H,16,17)/t7-/m1/s1. The van der Waals surface area contributed by atoms with E-state index in [1.165, 1.54) is 0 Å². The summed E-state index contributed by atoms with van der Waals surface area (Å²) in [6, 6.07) is 1.71. The van der Waals surface area contributed by atoms with Crippen molar-refractivity contribution in [3.8, 4) is 0 Å². The van der Waals surface area contributed by atoms with Crippen molar-refractivity contribution >= 4 is 27.6 Å². The molecule has 0 aliphatic carbocycles. The van der Waals surface area contributed by atoms with Crippen LogP contribution in [0.5, 0.6) is 0 Å². The molecule has 0 radical (unpaired) electrons. The molecule has 0 spiro atoms. The fraction of sp³-hybridized carbons (Fsp3) is 0.364. The lowest BCUT2D eigenvalue weighted by Gasteiger charge is -2.17. The number of hydrogen-bond acceptors (Lipinski definition) is 4. The zero-order valence-electron chi connectivity index (χ0n) is 10.1. The van der Waals surface area contributed by atoms with E-state index in [-0.39, 0.29) is 24.5 Å². The molecule has 1 aliphatic rings. The van der Waals surface area contributed by atoms with E-state index < -0.39 is 38.4 Å². The number of carboxylic acid groups (broad SMARTS) is 1.